The van der Waals surface area contributed by atoms with Gasteiger partial charge in [-0.2, -0.15) is 0 Å². The lowest BCUT2D eigenvalue weighted by Gasteiger charge is -2.26. The summed E-state index contributed by atoms with van der Waals surface area (Å²) in [7, 11) is -3.11. The molecule has 1 unspecified atom stereocenters. The van der Waals surface area contributed by atoms with Gasteiger partial charge in [-0.1, -0.05) is 18.2 Å². The second kappa shape index (κ2) is 6.70. The van der Waals surface area contributed by atoms with Crippen LogP contribution in [0.25, 0.3) is 0 Å². The highest BCUT2D eigenvalue weighted by Crippen LogP contribution is 2.21. The summed E-state index contributed by atoms with van der Waals surface area (Å²) in [6.07, 6.45) is 0.387. The van der Waals surface area contributed by atoms with E-state index in [2.05, 4.69) is 5.32 Å². The lowest BCUT2D eigenvalue weighted by molar-refractivity contribution is -0.134. The summed E-state index contributed by atoms with van der Waals surface area (Å²) in [5.74, 6) is -0.603. The van der Waals surface area contributed by atoms with Gasteiger partial charge in [0.25, 0.3) is 0 Å². The van der Waals surface area contributed by atoms with Crippen molar-refractivity contribution < 1.29 is 18.0 Å². The second-order valence-corrected chi connectivity index (χ2v) is 8.25. The Labute approximate surface area is 136 Å². The normalized spacial score (nSPS) is 19.3. The van der Waals surface area contributed by atoms with Crippen molar-refractivity contribution in [3.05, 3.63) is 29.3 Å². The summed E-state index contributed by atoms with van der Waals surface area (Å²) in [6.45, 7) is 5.02. The van der Waals surface area contributed by atoms with Gasteiger partial charge in [0.1, 0.15) is 6.54 Å². The number of rotatable bonds is 4. The van der Waals surface area contributed by atoms with E-state index in [0.717, 1.165) is 16.8 Å². The third kappa shape index (κ3) is 4.31. The van der Waals surface area contributed by atoms with E-state index < -0.39 is 15.9 Å². The average molecular weight is 338 g/mol. The number of aryl methyl sites for hydroxylation is 2. The highest BCUT2D eigenvalue weighted by molar-refractivity contribution is 7.91. The van der Waals surface area contributed by atoms with Crippen LogP contribution in [0.2, 0.25) is 0 Å². The third-order valence-electron chi connectivity index (χ3n) is 4.11. The molecule has 126 valence electrons. The Bertz CT molecular complexity index is 707. The molecule has 23 heavy (non-hydrogen) atoms. The molecule has 0 radical (unpaired) electrons. The molecule has 0 aromatic heterocycles. The molecule has 6 nitrogen and oxygen atoms in total. The van der Waals surface area contributed by atoms with Crippen molar-refractivity contribution in [2.75, 3.05) is 23.4 Å². The van der Waals surface area contributed by atoms with Gasteiger partial charge in [0, 0.05) is 18.7 Å². The Morgan fingerprint density at radius 3 is 2.35 bits per heavy atom. The Kier molecular flexibility index (Phi) is 5.09. The first-order chi connectivity index (χ1) is 10.7. The zero-order chi connectivity index (χ0) is 17.2. The van der Waals surface area contributed by atoms with Gasteiger partial charge in [0.2, 0.25) is 11.8 Å². The molecule has 0 bridgehead atoms. The third-order valence-corrected chi connectivity index (χ3v) is 5.86. The number of sulfone groups is 1. The van der Waals surface area contributed by atoms with Crippen LogP contribution in [0.4, 0.5) is 5.69 Å². The van der Waals surface area contributed by atoms with Crippen molar-refractivity contribution in [1.82, 2.24) is 4.90 Å². The highest BCUT2D eigenvalue weighted by atomic mass is 32.2. The van der Waals surface area contributed by atoms with Crippen LogP contribution in [0.1, 0.15) is 24.5 Å². The maximum atomic E-state index is 12.3. The topological polar surface area (TPSA) is 83.6 Å². The molecule has 1 N–H and O–H groups in total. The molecule has 1 aliphatic heterocycles. The number of hydrogen-bond donors (Lipinski definition) is 1. The zero-order valence-corrected chi connectivity index (χ0v) is 14.4. The zero-order valence-electron chi connectivity index (χ0n) is 13.6. The van der Waals surface area contributed by atoms with Crippen LogP contribution in [-0.4, -0.2) is 49.2 Å². The van der Waals surface area contributed by atoms with Crippen LogP contribution in [0.15, 0.2) is 18.2 Å². The standard InChI is InChI=1S/C16H22N2O4S/c1-11-5-4-6-12(2)16(11)17-15(20)9-18(13(3)19)14-7-8-23(21,22)10-14/h4-6,14H,7-10H2,1-3H3,(H,17,20). The second-order valence-electron chi connectivity index (χ2n) is 6.02. The van der Waals surface area contributed by atoms with Gasteiger partial charge in [-0.25, -0.2) is 8.42 Å². The van der Waals surface area contributed by atoms with Crippen molar-refractivity contribution in [1.29, 1.82) is 0 Å². The predicted octanol–water partition coefficient (Wildman–Crippen LogP) is 1.28. The fourth-order valence-electron chi connectivity index (χ4n) is 2.86. The van der Waals surface area contributed by atoms with Crippen molar-refractivity contribution in [3.63, 3.8) is 0 Å². The lowest BCUT2D eigenvalue weighted by atomic mass is 10.1. The molecule has 2 rings (SSSR count). The lowest BCUT2D eigenvalue weighted by Crippen LogP contribution is -2.44. The fourth-order valence-corrected chi connectivity index (χ4v) is 4.59. The molecule has 0 spiro atoms. The van der Waals surface area contributed by atoms with Crippen molar-refractivity contribution in [2.24, 2.45) is 0 Å². The van der Waals surface area contributed by atoms with E-state index >= 15 is 0 Å². The molecule has 1 aliphatic rings. The number of amides is 2. The number of carbonyl (C=O) groups excluding carboxylic acids is 2. The van der Waals surface area contributed by atoms with Gasteiger partial charge in [-0.3, -0.25) is 9.59 Å². The first-order valence-corrected chi connectivity index (χ1v) is 9.35. The molecular weight excluding hydrogens is 316 g/mol. The van der Waals surface area contributed by atoms with Gasteiger partial charge in [0.15, 0.2) is 9.84 Å². The minimum Gasteiger partial charge on any atom is -0.330 e. The van der Waals surface area contributed by atoms with Crippen LogP contribution < -0.4 is 5.32 Å². The molecule has 1 atom stereocenters. The van der Waals surface area contributed by atoms with E-state index in [-0.39, 0.29) is 29.9 Å². The summed E-state index contributed by atoms with van der Waals surface area (Å²) in [5, 5.41) is 2.83. The molecule has 1 aromatic rings. The average Bonchev–Trinajstić information content (AvgIpc) is 2.80. The number of benzene rings is 1. The molecule has 1 aromatic carbocycles. The SMILES string of the molecule is CC(=O)N(CC(=O)Nc1c(C)cccc1C)C1CCS(=O)(=O)C1. The molecule has 0 saturated carbocycles. The van der Waals surface area contributed by atoms with Crippen LogP contribution >= 0.6 is 0 Å². The first kappa shape index (κ1) is 17.5. The van der Waals surface area contributed by atoms with E-state index in [1.807, 2.05) is 32.0 Å². The molecule has 1 heterocycles. The first-order valence-electron chi connectivity index (χ1n) is 7.53. The number of para-hydroxylation sites is 1. The number of carbonyl (C=O) groups is 2. The monoisotopic (exact) mass is 338 g/mol. The molecule has 7 heteroatoms. The Balaban J connectivity index is 2.09. The van der Waals surface area contributed by atoms with Gasteiger partial charge < -0.3 is 10.2 Å². The Morgan fingerprint density at radius 1 is 1.26 bits per heavy atom. The smallest absolute Gasteiger partial charge is 0.244 e. The minimum absolute atomic E-state index is 0.0662. The molecule has 2 amide bonds. The van der Waals surface area contributed by atoms with Crippen molar-refractivity contribution in [2.45, 2.75) is 33.2 Å². The summed E-state index contributed by atoms with van der Waals surface area (Å²) >= 11 is 0. The predicted molar refractivity (Wildman–Crippen MR) is 89.0 cm³/mol. The quantitative estimate of drug-likeness (QED) is 0.896. The van der Waals surface area contributed by atoms with E-state index in [1.54, 1.807) is 0 Å². The van der Waals surface area contributed by atoms with E-state index in [0.29, 0.717) is 6.42 Å². The van der Waals surface area contributed by atoms with Crippen molar-refractivity contribution in [3.8, 4) is 0 Å². The van der Waals surface area contributed by atoms with Gasteiger partial charge in [0.05, 0.1) is 11.5 Å². The summed E-state index contributed by atoms with van der Waals surface area (Å²) < 4.78 is 23.2. The van der Waals surface area contributed by atoms with Gasteiger partial charge in [-0.05, 0) is 31.4 Å². The summed E-state index contributed by atoms with van der Waals surface area (Å²) in [4.78, 5) is 25.5. The Hall–Kier alpha value is -1.89. The number of hydrogen-bond acceptors (Lipinski definition) is 4. The van der Waals surface area contributed by atoms with E-state index in [4.69, 9.17) is 0 Å². The van der Waals surface area contributed by atoms with Gasteiger partial charge in [-0.15, -0.1) is 0 Å². The maximum absolute atomic E-state index is 12.3. The minimum atomic E-state index is -3.11. The maximum Gasteiger partial charge on any atom is 0.244 e. The van der Waals surface area contributed by atoms with Crippen LogP contribution in [-0.2, 0) is 19.4 Å². The largest absolute Gasteiger partial charge is 0.330 e. The van der Waals surface area contributed by atoms with E-state index in [9.17, 15) is 18.0 Å². The number of nitrogens with zero attached hydrogens (tertiary/aromatic N) is 1. The highest BCUT2D eigenvalue weighted by Gasteiger charge is 2.34. The van der Waals surface area contributed by atoms with E-state index in [1.165, 1.54) is 11.8 Å². The van der Waals surface area contributed by atoms with Gasteiger partial charge >= 0.3 is 0 Å². The number of nitrogens with one attached hydrogen (secondary N) is 1. The summed E-state index contributed by atoms with van der Waals surface area (Å²) in [6, 6.07) is 5.29. The van der Waals surface area contributed by atoms with Crippen LogP contribution in [0, 0.1) is 13.8 Å². The Morgan fingerprint density at radius 2 is 1.87 bits per heavy atom. The fraction of sp³-hybridized carbons (Fsp3) is 0.500. The number of anilines is 1. The molecule has 1 fully saturated rings. The molecular formula is C16H22N2O4S. The van der Waals surface area contributed by atoms with Crippen LogP contribution in [0.3, 0.4) is 0 Å². The van der Waals surface area contributed by atoms with Crippen molar-refractivity contribution >= 4 is 27.3 Å². The summed E-state index contributed by atoms with van der Waals surface area (Å²) in [5.41, 5.74) is 2.62. The molecule has 0 aliphatic carbocycles. The molecule has 1 saturated heterocycles. The van der Waals surface area contributed by atoms with Crippen LogP contribution in [0.5, 0.6) is 0 Å².